The van der Waals surface area contributed by atoms with Crippen LogP contribution in [0.1, 0.15) is 32.1 Å². The van der Waals surface area contributed by atoms with Gasteiger partial charge in [-0.3, -0.25) is 0 Å². The van der Waals surface area contributed by atoms with Gasteiger partial charge in [0.05, 0.1) is 37.4 Å². The fraction of sp³-hybridized carbons (Fsp3) is 0.800. The average Bonchev–Trinajstić information content (AvgIpc) is 3.33. The number of methoxy groups -OCH3 is 1. The maximum absolute atomic E-state index is 13.1. The van der Waals surface area contributed by atoms with Gasteiger partial charge >= 0.3 is 0 Å². The van der Waals surface area contributed by atoms with Crippen LogP contribution in [0, 0.1) is 11.7 Å². The van der Waals surface area contributed by atoms with Gasteiger partial charge < -0.3 is 19.5 Å². The molecule has 3 aliphatic rings. The molecule has 0 radical (unpaired) electrons. The number of hydrogen-bond donors (Lipinski definition) is 2. The zero-order chi connectivity index (χ0) is 22.9. The first-order valence-corrected chi connectivity index (χ1v) is 13.0. The fourth-order valence-electron chi connectivity index (χ4n) is 5.45. The monoisotopic (exact) mass is 473 g/mol. The lowest BCUT2D eigenvalue weighted by Crippen LogP contribution is -2.53. The van der Waals surface area contributed by atoms with Gasteiger partial charge in [0, 0.05) is 32.3 Å². The van der Waals surface area contributed by atoms with Crippen molar-refractivity contribution in [3.05, 3.63) is 18.2 Å². The van der Waals surface area contributed by atoms with E-state index in [4.69, 9.17) is 9.47 Å². The largest absolute Gasteiger partial charge is 0.376 e. The minimum Gasteiger partial charge on any atom is -0.376 e. The number of aromatic nitrogens is 2. The Kier molecular flexibility index (Phi) is 7.27. The van der Waals surface area contributed by atoms with Crippen LogP contribution < -0.4 is 9.62 Å². The third kappa shape index (κ3) is 5.20. The summed E-state index contributed by atoms with van der Waals surface area (Å²) < 4.78 is 51.4. The number of hydrogen-bond acceptors (Lipinski definition) is 9. The number of aliphatic hydroxyl groups is 1. The minimum absolute atomic E-state index is 0.00689. The van der Waals surface area contributed by atoms with Crippen LogP contribution in [0.15, 0.2) is 12.4 Å². The van der Waals surface area contributed by atoms with E-state index in [0.29, 0.717) is 25.6 Å². The molecule has 3 heterocycles. The molecule has 12 heteroatoms. The lowest BCUT2D eigenvalue weighted by atomic mass is 9.96. The molecule has 1 aromatic rings. The van der Waals surface area contributed by atoms with Crippen LogP contribution in [0.25, 0.3) is 0 Å². The molecule has 180 valence electrons. The van der Waals surface area contributed by atoms with E-state index in [1.54, 1.807) is 0 Å². The molecule has 4 rings (SSSR count). The summed E-state index contributed by atoms with van der Waals surface area (Å²) in [6, 6.07) is -0.612. The number of piperidine rings is 1. The standard InChI is InChI=1S/C20H32FN5O5S/c1-30-20(27)26-16-5-3-4-15(16)18(24-32(2,28)29)17(26)12-31-14-6-8-25(9-7-14)19-22-10-13(21)11-23-19/h10-11,14-18,20,24,27H,3-9,12H2,1-2H3/t15-,16+,17-,18-,20?/m0/s1. The maximum atomic E-state index is 13.1. The van der Waals surface area contributed by atoms with Gasteiger partial charge in [-0.05, 0) is 31.6 Å². The molecule has 1 aromatic heterocycles. The van der Waals surface area contributed by atoms with Gasteiger partial charge in [0.25, 0.3) is 0 Å². The Morgan fingerprint density at radius 2 is 1.94 bits per heavy atom. The second kappa shape index (κ2) is 9.82. The maximum Gasteiger partial charge on any atom is 0.225 e. The summed E-state index contributed by atoms with van der Waals surface area (Å²) in [5, 5.41) is 10.5. The number of aliphatic hydroxyl groups excluding tert-OH is 1. The van der Waals surface area contributed by atoms with Crippen LogP contribution in [0.4, 0.5) is 10.3 Å². The first kappa shape index (κ1) is 23.7. The molecule has 1 unspecified atom stereocenters. The van der Waals surface area contributed by atoms with E-state index in [0.717, 1.165) is 50.8 Å². The average molecular weight is 474 g/mol. The predicted molar refractivity (Wildman–Crippen MR) is 115 cm³/mol. The van der Waals surface area contributed by atoms with Gasteiger partial charge in [0.15, 0.2) is 5.82 Å². The molecule has 32 heavy (non-hydrogen) atoms. The van der Waals surface area contributed by atoms with E-state index in [2.05, 4.69) is 14.7 Å². The zero-order valence-corrected chi connectivity index (χ0v) is 19.2. The van der Waals surface area contributed by atoms with Crippen LogP contribution in [-0.2, 0) is 19.5 Å². The van der Waals surface area contributed by atoms with E-state index in [-0.39, 0.29) is 30.1 Å². The van der Waals surface area contributed by atoms with Gasteiger partial charge in [0.2, 0.25) is 22.4 Å². The highest BCUT2D eigenvalue weighted by molar-refractivity contribution is 7.88. The molecule has 10 nitrogen and oxygen atoms in total. The Morgan fingerprint density at radius 3 is 2.56 bits per heavy atom. The molecule has 1 saturated carbocycles. The highest BCUT2D eigenvalue weighted by atomic mass is 32.2. The Labute approximate surface area is 188 Å². The summed E-state index contributed by atoms with van der Waals surface area (Å²) in [4.78, 5) is 11.9. The molecule has 2 N–H and O–H groups in total. The number of nitrogens with one attached hydrogen (secondary N) is 1. The second-order valence-electron chi connectivity index (χ2n) is 8.88. The van der Waals surface area contributed by atoms with E-state index in [1.165, 1.54) is 7.11 Å². The lowest BCUT2D eigenvalue weighted by molar-refractivity contribution is -0.201. The number of likely N-dealkylation sites (tertiary alicyclic amines) is 1. The third-order valence-electron chi connectivity index (χ3n) is 6.82. The Balaban J connectivity index is 1.40. The Morgan fingerprint density at radius 1 is 1.25 bits per heavy atom. The molecule has 2 saturated heterocycles. The molecule has 0 spiro atoms. The first-order valence-electron chi connectivity index (χ1n) is 11.1. The number of halogens is 1. The van der Waals surface area contributed by atoms with Crippen molar-refractivity contribution in [3.8, 4) is 0 Å². The molecule has 2 aliphatic heterocycles. The van der Waals surface area contributed by atoms with Crippen molar-refractivity contribution in [2.45, 2.75) is 62.7 Å². The van der Waals surface area contributed by atoms with Crippen LogP contribution in [0.5, 0.6) is 0 Å². The van der Waals surface area contributed by atoms with E-state index in [9.17, 15) is 17.9 Å². The molecule has 0 amide bonds. The van der Waals surface area contributed by atoms with Gasteiger partial charge in [-0.1, -0.05) is 6.42 Å². The molecular formula is C20H32FN5O5S. The third-order valence-corrected chi connectivity index (χ3v) is 7.52. The number of ether oxygens (including phenoxy) is 2. The lowest BCUT2D eigenvalue weighted by Gasteiger charge is -2.36. The topological polar surface area (TPSA) is 117 Å². The number of fused-ring (bicyclic) bond motifs is 1. The van der Waals surface area contributed by atoms with Gasteiger partial charge in [0.1, 0.15) is 0 Å². The number of nitrogens with zero attached hydrogens (tertiary/aromatic N) is 4. The van der Waals surface area contributed by atoms with Crippen molar-refractivity contribution in [2.24, 2.45) is 5.92 Å². The van der Waals surface area contributed by atoms with E-state index < -0.39 is 22.3 Å². The van der Waals surface area contributed by atoms with E-state index >= 15 is 0 Å². The second-order valence-corrected chi connectivity index (χ2v) is 10.7. The highest BCUT2D eigenvalue weighted by Gasteiger charge is 2.53. The molecule has 1 aliphatic carbocycles. The van der Waals surface area contributed by atoms with Crippen molar-refractivity contribution in [2.75, 3.05) is 38.0 Å². The summed E-state index contributed by atoms with van der Waals surface area (Å²) in [5.41, 5.74) is 0. The summed E-state index contributed by atoms with van der Waals surface area (Å²) in [6.45, 7) is 1.65. The molecule has 0 bridgehead atoms. The van der Waals surface area contributed by atoms with Crippen LogP contribution >= 0.6 is 0 Å². The molecular weight excluding hydrogens is 441 g/mol. The van der Waals surface area contributed by atoms with Crippen LogP contribution in [0.3, 0.4) is 0 Å². The molecule has 3 fully saturated rings. The van der Waals surface area contributed by atoms with Gasteiger partial charge in [-0.25, -0.2) is 32.4 Å². The smallest absolute Gasteiger partial charge is 0.225 e. The normalized spacial score (nSPS) is 30.6. The van der Waals surface area contributed by atoms with Crippen molar-refractivity contribution in [1.82, 2.24) is 19.6 Å². The highest BCUT2D eigenvalue weighted by Crippen LogP contribution is 2.43. The summed E-state index contributed by atoms with van der Waals surface area (Å²) in [6.07, 6.45) is 6.63. The number of rotatable bonds is 8. The first-order chi connectivity index (χ1) is 15.3. The number of anilines is 1. The Bertz CT molecular complexity index is 868. The van der Waals surface area contributed by atoms with Gasteiger partial charge in [-0.2, -0.15) is 0 Å². The Hall–Kier alpha value is -1.44. The van der Waals surface area contributed by atoms with Crippen molar-refractivity contribution < 1.29 is 27.4 Å². The summed E-state index contributed by atoms with van der Waals surface area (Å²) in [5.74, 6) is 0.147. The zero-order valence-electron chi connectivity index (χ0n) is 18.4. The number of sulfonamides is 1. The van der Waals surface area contributed by atoms with Crippen LogP contribution in [0.2, 0.25) is 0 Å². The van der Waals surface area contributed by atoms with Crippen molar-refractivity contribution in [1.29, 1.82) is 0 Å². The summed E-state index contributed by atoms with van der Waals surface area (Å²) in [7, 11) is -1.98. The molecule has 5 atom stereocenters. The predicted octanol–water partition coefficient (Wildman–Crippen LogP) is 0.294. The minimum atomic E-state index is -3.42. The van der Waals surface area contributed by atoms with Crippen molar-refractivity contribution in [3.63, 3.8) is 0 Å². The quantitative estimate of drug-likeness (QED) is 0.514. The fourth-order valence-corrected chi connectivity index (χ4v) is 6.28. The van der Waals surface area contributed by atoms with E-state index in [1.807, 2.05) is 9.80 Å². The van der Waals surface area contributed by atoms with Crippen molar-refractivity contribution >= 4 is 16.0 Å². The van der Waals surface area contributed by atoms with Crippen LogP contribution in [-0.4, -0.2) is 92.1 Å². The van der Waals surface area contributed by atoms with Gasteiger partial charge in [-0.15, -0.1) is 0 Å². The summed E-state index contributed by atoms with van der Waals surface area (Å²) >= 11 is 0. The SMILES string of the molecule is COC(O)N1[C@@H]2CCC[C@@H]2[C@H](NS(C)(=O)=O)[C@@H]1COC1CCN(c2ncc(F)cn2)CC1. The molecule has 0 aromatic carbocycles.